The number of anilines is 2. The zero-order valence-corrected chi connectivity index (χ0v) is 17.0. The number of nitrogens with zero attached hydrogens (tertiary/aromatic N) is 4. The minimum absolute atomic E-state index is 0.0148. The van der Waals surface area contributed by atoms with Crippen molar-refractivity contribution < 1.29 is 14.3 Å². The van der Waals surface area contributed by atoms with Gasteiger partial charge in [-0.25, -0.2) is 4.79 Å². The van der Waals surface area contributed by atoms with Gasteiger partial charge in [0, 0.05) is 22.6 Å². The molecule has 1 aromatic carbocycles. The number of carbonyl (C=O) groups is 2. The van der Waals surface area contributed by atoms with E-state index in [4.69, 9.17) is 16.2 Å². The Morgan fingerprint density at radius 3 is 2.28 bits per heavy atom. The normalized spacial score (nSPS) is 10.7. The molecular weight excluding hydrogens is 392 g/mol. The zero-order valence-electron chi connectivity index (χ0n) is 16.2. The molecule has 10 heteroatoms. The molecule has 0 saturated heterocycles. The number of hydrogen-bond donors (Lipinski definition) is 2. The molecule has 2 aromatic heterocycles. The Balaban J connectivity index is 1.81. The first-order chi connectivity index (χ1) is 13.8. The SMILES string of the molecule is COC(=O)c1ccc(-n2c(C)cc(C(=O)CSc3nc(N)nc(N)n3)c2C)cc1. The highest BCUT2D eigenvalue weighted by molar-refractivity contribution is 7.99. The highest BCUT2D eigenvalue weighted by Crippen LogP contribution is 2.24. The van der Waals surface area contributed by atoms with Crippen LogP contribution in [0.1, 0.15) is 32.1 Å². The van der Waals surface area contributed by atoms with Crippen LogP contribution in [0.3, 0.4) is 0 Å². The number of nitrogens with two attached hydrogens (primary N) is 2. The van der Waals surface area contributed by atoms with Crippen LogP contribution >= 0.6 is 11.8 Å². The number of thioether (sulfide) groups is 1. The van der Waals surface area contributed by atoms with Gasteiger partial charge in [-0.3, -0.25) is 4.79 Å². The third kappa shape index (κ3) is 4.37. The number of rotatable bonds is 6. The summed E-state index contributed by atoms with van der Waals surface area (Å²) < 4.78 is 6.68. The molecule has 150 valence electrons. The van der Waals surface area contributed by atoms with E-state index in [1.54, 1.807) is 12.1 Å². The molecule has 0 unspecified atom stereocenters. The maximum absolute atomic E-state index is 12.8. The van der Waals surface area contributed by atoms with Crippen LogP contribution in [-0.4, -0.2) is 44.1 Å². The van der Waals surface area contributed by atoms with Gasteiger partial charge < -0.3 is 20.8 Å². The Morgan fingerprint density at radius 2 is 1.69 bits per heavy atom. The Bertz CT molecular complexity index is 1060. The summed E-state index contributed by atoms with van der Waals surface area (Å²) in [5.41, 5.74) is 14.7. The second kappa shape index (κ2) is 8.31. The van der Waals surface area contributed by atoms with Crippen molar-refractivity contribution >= 4 is 35.4 Å². The van der Waals surface area contributed by atoms with Crippen molar-refractivity contribution in [3.8, 4) is 5.69 Å². The highest BCUT2D eigenvalue weighted by atomic mass is 32.2. The molecule has 0 aliphatic rings. The van der Waals surface area contributed by atoms with E-state index >= 15 is 0 Å². The lowest BCUT2D eigenvalue weighted by atomic mass is 10.2. The molecule has 4 N–H and O–H groups in total. The molecule has 0 bridgehead atoms. The summed E-state index contributed by atoms with van der Waals surface area (Å²) in [7, 11) is 1.34. The summed E-state index contributed by atoms with van der Waals surface area (Å²) in [6, 6.07) is 8.83. The summed E-state index contributed by atoms with van der Waals surface area (Å²) in [5, 5.41) is 0.301. The molecular formula is C19H20N6O3S. The summed E-state index contributed by atoms with van der Waals surface area (Å²) in [6.45, 7) is 3.79. The number of aryl methyl sites for hydroxylation is 1. The van der Waals surface area contributed by atoms with Crippen LogP contribution in [0, 0.1) is 13.8 Å². The lowest BCUT2D eigenvalue weighted by Gasteiger charge is -2.10. The van der Waals surface area contributed by atoms with E-state index in [0.29, 0.717) is 16.3 Å². The fourth-order valence-electron chi connectivity index (χ4n) is 2.97. The van der Waals surface area contributed by atoms with E-state index < -0.39 is 5.97 Å². The molecule has 3 rings (SSSR count). The number of esters is 1. The van der Waals surface area contributed by atoms with Crippen LogP contribution in [0.5, 0.6) is 0 Å². The number of ketones is 1. The standard InChI is InChI=1S/C19H20N6O3S/c1-10-8-14(15(26)9-29-19-23-17(20)22-18(21)24-19)11(2)25(10)13-6-4-12(5-7-13)16(27)28-3/h4-8H,9H2,1-3H3,(H4,20,21,22,23,24). The van der Waals surface area contributed by atoms with Crippen LogP contribution in [0.15, 0.2) is 35.5 Å². The highest BCUT2D eigenvalue weighted by Gasteiger charge is 2.18. The lowest BCUT2D eigenvalue weighted by molar-refractivity contribution is 0.0600. The number of hydrogen-bond acceptors (Lipinski definition) is 9. The number of methoxy groups -OCH3 is 1. The van der Waals surface area contributed by atoms with E-state index in [2.05, 4.69) is 15.0 Å². The van der Waals surface area contributed by atoms with Gasteiger partial charge in [-0.2, -0.15) is 15.0 Å². The maximum atomic E-state index is 12.8. The Kier molecular flexibility index (Phi) is 5.83. The molecule has 0 aliphatic carbocycles. The first-order valence-corrected chi connectivity index (χ1v) is 9.59. The smallest absolute Gasteiger partial charge is 0.337 e. The molecule has 9 nitrogen and oxygen atoms in total. The summed E-state index contributed by atoms with van der Waals surface area (Å²) in [5.74, 6) is -0.306. The van der Waals surface area contributed by atoms with Crippen LogP contribution in [0.2, 0.25) is 0 Å². The summed E-state index contributed by atoms with van der Waals surface area (Å²) in [4.78, 5) is 36.0. The van der Waals surface area contributed by atoms with Crippen LogP contribution in [-0.2, 0) is 4.74 Å². The number of Topliss-reactive ketones (excluding diaryl/α,β-unsaturated/α-hetero) is 1. The van der Waals surface area contributed by atoms with Gasteiger partial charge >= 0.3 is 5.97 Å². The molecule has 0 saturated carbocycles. The van der Waals surface area contributed by atoms with Gasteiger partial charge in [0.25, 0.3) is 0 Å². The summed E-state index contributed by atoms with van der Waals surface area (Å²) in [6.07, 6.45) is 0. The van der Waals surface area contributed by atoms with Gasteiger partial charge in [0.2, 0.25) is 11.9 Å². The van der Waals surface area contributed by atoms with E-state index in [0.717, 1.165) is 28.8 Å². The van der Waals surface area contributed by atoms with Gasteiger partial charge in [-0.1, -0.05) is 11.8 Å². The van der Waals surface area contributed by atoms with Crippen molar-refractivity contribution in [2.75, 3.05) is 24.3 Å². The van der Waals surface area contributed by atoms with E-state index in [-0.39, 0.29) is 23.4 Å². The van der Waals surface area contributed by atoms with Crippen molar-refractivity contribution in [2.24, 2.45) is 0 Å². The Labute approximate surface area is 171 Å². The van der Waals surface area contributed by atoms with E-state index in [1.165, 1.54) is 7.11 Å². The molecule has 3 aromatic rings. The summed E-state index contributed by atoms with van der Waals surface area (Å²) >= 11 is 1.15. The molecule has 2 heterocycles. The van der Waals surface area contributed by atoms with Crippen LogP contribution < -0.4 is 11.5 Å². The van der Waals surface area contributed by atoms with Gasteiger partial charge in [-0.05, 0) is 44.2 Å². The van der Waals surface area contributed by atoms with Gasteiger partial charge in [0.1, 0.15) is 0 Å². The Hall–Kier alpha value is -3.40. The van der Waals surface area contributed by atoms with Crippen molar-refractivity contribution in [1.29, 1.82) is 0 Å². The maximum Gasteiger partial charge on any atom is 0.337 e. The number of nitrogen functional groups attached to an aromatic ring is 2. The number of aromatic nitrogens is 4. The first kappa shape index (κ1) is 20.3. The van der Waals surface area contributed by atoms with Crippen molar-refractivity contribution in [3.63, 3.8) is 0 Å². The second-order valence-electron chi connectivity index (χ2n) is 6.20. The number of benzene rings is 1. The number of ether oxygens (including phenoxy) is 1. The largest absolute Gasteiger partial charge is 0.465 e. The average Bonchev–Trinajstić information content (AvgIpc) is 2.99. The zero-order chi connectivity index (χ0) is 21.1. The van der Waals surface area contributed by atoms with Crippen LogP contribution in [0.25, 0.3) is 5.69 Å². The fraction of sp³-hybridized carbons (Fsp3) is 0.211. The van der Waals surface area contributed by atoms with Gasteiger partial charge in [0.15, 0.2) is 10.9 Å². The predicted molar refractivity (Wildman–Crippen MR) is 110 cm³/mol. The quantitative estimate of drug-likeness (QED) is 0.354. The average molecular weight is 412 g/mol. The predicted octanol–water partition coefficient (Wildman–Crippen LogP) is 2.21. The molecule has 0 spiro atoms. The molecule has 0 radical (unpaired) electrons. The van der Waals surface area contributed by atoms with Crippen molar-refractivity contribution in [1.82, 2.24) is 19.5 Å². The Morgan fingerprint density at radius 1 is 1.07 bits per heavy atom. The first-order valence-electron chi connectivity index (χ1n) is 8.61. The van der Waals surface area contributed by atoms with Crippen molar-refractivity contribution in [3.05, 3.63) is 52.8 Å². The third-order valence-electron chi connectivity index (χ3n) is 4.26. The minimum atomic E-state index is -0.398. The lowest BCUT2D eigenvalue weighted by Crippen LogP contribution is -2.08. The molecule has 29 heavy (non-hydrogen) atoms. The molecule has 0 fully saturated rings. The fourth-order valence-corrected chi connectivity index (χ4v) is 3.70. The van der Waals surface area contributed by atoms with E-state index in [9.17, 15) is 9.59 Å². The topological polar surface area (TPSA) is 139 Å². The molecule has 0 amide bonds. The van der Waals surface area contributed by atoms with Crippen LogP contribution in [0.4, 0.5) is 11.9 Å². The van der Waals surface area contributed by atoms with Gasteiger partial charge in [0.05, 0.1) is 18.4 Å². The second-order valence-corrected chi connectivity index (χ2v) is 7.15. The monoisotopic (exact) mass is 412 g/mol. The van der Waals surface area contributed by atoms with Gasteiger partial charge in [-0.15, -0.1) is 0 Å². The van der Waals surface area contributed by atoms with E-state index in [1.807, 2.05) is 36.6 Å². The molecule has 0 aliphatic heterocycles. The molecule has 0 atom stereocenters. The van der Waals surface area contributed by atoms with Crippen molar-refractivity contribution in [2.45, 2.75) is 19.0 Å². The number of carbonyl (C=O) groups excluding carboxylic acids is 2. The minimum Gasteiger partial charge on any atom is -0.465 e. The third-order valence-corrected chi connectivity index (χ3v) is 5.11.